The summed E-state index contributed by atoms with van der Waals surface area (Å²) in [6.45, 7) is 5.98. The van der Waals surface area contributed by atoms with E-state index in [2.05, 4.69) is 17.6 Å². The molecule has 1 aliphatic carbocycles. The fourth-order valence-electron chi connectivity index (χ4n) is 2.38. The van der Waals surface area contributed by atoms with E-state index in [0.717, 1.165) is 25.2 Å². The molecule has 0 spiro atoms. The van der Waals surface area contributed by atoms with Crippen molar-refractivity contribution in [3.63, 3.8) is 0 Å². The van der Waals surface area contributed by atoms with Gasteiger partial charge in [0.25, 0.3) is 0 Å². The summed E-state index contributed by atoms with van der Waals surface area (Å²) in [7, 11) is 0. The predicted octanol–water partition coefficient (Wildman–Crippen LogP) is 1.06. The maximum atomic E-state index is 11.3. The van der Waals surface area contributed by atoms with Crippen LogP contribution in [0.1, 0.15) is 46.0 Å². The lowest BCUT2D eigenvalue weighted by Crippen LogP contribution is -2.39. The van der Waals surface area contributed by atoms with E-state index in [0.29, 0.717) is 25.8 Å². The van der Waals surface area contributed by atoms with Crippen molar-refractivity contribution in [2.45, 2.75) is 58.2 Å². The average molecular weight is 286 g/mol. The maximum Gasteiger partial charge on any atom is 0.233 e. The van der Waals surface area contributed by atoms with Gasteiger partial charge in [-0.25, -0.2) is 0 Å². The smallest absolute Gasteiger partial charge is 0.233 e. The van der Waals surface area contributed by atoms with Crippen molar-refractivity contribution < 1.29 is 14.6 Å². The Bertz CT molecular complexity index is 266. The van der Waals surface area contributed by atoms with Crippen molar-refractivity contribution in [1.29, 1.82) is 0 Å². The van der Waals surface area contributed by atoms with Crippen molar-refractivity contribution in [3.05, 3.63) is 0 Å². The van der Waals surface area contributed by atoms with Gasteiger partial charge in [0.15, 0.2) is 0 Å². The van der Waals surface area contributed by atoms with E-state index in [4.69, 9.17) is 4.74 Å². The van der Waals surface area contributed by atoms with Crippen molar-refractivity contribution in [3.8, 4) is 0 Å². The zero-order valence-electron chi connectivity index (χ0n) is 12.9. The average Bonchev–Trinajstić information content (AvgIpc) is 2.44. The van der Waals surface area contributed by atoms with E-state index < -0.39 is 6.10 Å². The van der Waals surface area contributed by atoms with E-state index >= 15 is 0 Å². The molecule has 1 unspecified atom stereocenters. The summed E-state index contributed by atoms with van der Waals surface area (Å²) in [5.41, 5.74) is 0. The number of rotatable bonds is 9. The highest BCUT2D eigenvalue weighted by Crippen LogP contribution is 2.25. The molecular weight excluding hydrogens is 256 g/mol. The Labute approximate surface area is 122 Å². The molecule has 0 aliphatic heterocycles. The standard InChI is InChI=1S/C15H30N2O3/c1-3-8-17-15(19)10-16-9-13(18)11-20-14-6-4-12(2)5-7-14/h12-14,16,18H,3-11H2,1-2H3,(H,17,19). The Hall–Kier alpha value is -0.650. The number of aliphatic hydroxyl groups is 1. The minimum atomic E-state index is -0.548. The monoisotopic (exact) mass is 286 g/mol. The number of hydrogen-bond acceptors (Lipinski definition) is 4. The first-order valence-electron chi connectivity index (χ1n) is 7.88. The number of carbonyl (C=O) groups excluding carboxylic acids is 1. The molecule has 1 amide bonds. The summed E-state index contributed by atoms with van der Waals surface area (Å²) in [6, 6.07) is 0. The molecule has 1 rings (SSSR count). The van der Waals surface area contributed by atoms with Gasteiger partial charge in [-0.15, -0.1) is 0 Å². The largest absolute Gasteiger partial charge is 0.389 e. The van der Waals surface area contributed by atoms with Gasteiger partial charge in [0, 0.05) is 13.1 Å². The van der Waals surface area contributed by atoms with Crippen LogP contribution in [0.2, 0.25) is 0 Å². The third-order valence-electron chi connectivity index (χ3n) is 3.72. The minimum absolute atomic E-state index is 0.0266. The molecule has 3 N–H and O–H groups in total. The van der Waals surface area contributed by atoms with Gasteiger partial charge >= 0.3 is 0 Å². The van der Waals surface area contributed by atoms with Crippen LogP contribution in [0.4, 0.5) is 0 Å². The lowest BCUT2D eigenvalue weighted by Gasteiger charge is -2.27. The minimum Gasteiger partial charge on any atom is -0.389 e. The molecule has 1 atom stereocenters. The summed E-state index contributed by atoms with van der Waals surface area (Å²) in [6.07, 6.45) is 5.32. The summed E-state index contributed by atoms with van der Waals surface area (Å²) in [4.78, 5) is 11.3. The van der Waals surface area contributed by atoms with Crippen LogP contribution in [0.3, 0.4) is 0 Å². The lowest BCUT2D eigenvalue weighted by atomic mass is 9.89. The second-order valence-corrected chi connectivity index (χ2v) is 5.85. The van der Waals surface area contributed by atoms with Crippen molar-refractivity contribution in [2.75, 3.05) is 26.2 Å². The Morgan fingerprint density at radius 3 is 2.70 bits per heavy atom. The van der Waals surface area contributed by atoms with Gasteiger partial charge in [0.1, 0.15) is 0 Å². The van der Waals surface area contributed by atoms with Gasteiger partial charge < -0.3 is 20.5 Å². The molecule has 0 heterocycles. The molecule has 20 heavy (non-hydrogen) atoms. The predicted molar refractivity (Wildman–Crippen MR) is 79.5 cm³/mol. The molecule has 1 aliphatic rings. The molecule has 0 aromatic heterocycles. The fraction of sp³-hybridized carbons (Fsp3) is 0.933. The molecule has 0 radical (unpaired) electrons. The van der Waals surface area contributed by atoms with Gasteiger partial charge in [-0.2, -0.15) is 0 Å². The van der Waals surface area contributed by atoms with Gasteiger partial charge in [0.2, 0.25) is 5.91 Å². The molecular formula is C15H30N2O3. The molecule has 1 saturated carbocycles. The van der Waals surface area contributed by atoms with Crippen molar-refractivity contribution in [1.82, 2.24) is 10.6 Å². The van der Waals surface area contributed by atoms with Crippen LogP contribution in [0.15, 0.2) is 0 Å². The van der Waals surface area contributed by atoms with E-state index in [-0.39, 0.29) is 12.5 Å². The topological polar surface area (TPSA) is 70.6 Å². The number of amides is 1. The molecule has 0 saturated heterocycles. The summed E-state index contributed by atoms with van der Waals surface area (Å²) in [5, 5.41) is 15.5. The number of hydrogen-bond donors (Lipinski definition) is 3. The van der Waals surface area contributed by atoms with Gasteiger partial charge in [-0.3, -0.25) is 4.79 Å². The zero-order chi connectivity index (χ0) is 14.8. The van der Waals surface area contributed by atoms with Crippen LogP contribution in [0.25, 0.3) is 0 Å². The van der Waals surface area contributed by atoms with Crippen LogP contribution in [0, 0.1) is 5.92 Å². The third-order valence-corrected chi connectivity index (χ3v) is 3.72. The van der Waals surface area contributed by atoms with Crippen LogP contribution >= 0.6 is 0 Å². The van der Waals surface area contributed by atoms with Crippen LogP contribution in [-0.4, -0.2) is 49.5 Å². The number of aliphatic hydroxyl groups excluding tert-OH is 1. The molecule has 118 valence electrons. The second kappa shape index (κ2) is 10.1. The Morgan fingerprint density at radius 1 is 1.35 bits per heavy atom. The second-order valence-electron chi connectivity index (χ2n) is 5.85. The molecule has 0 aromatic carbocycles. The summed E-state index contributed by atoms with van der Waals surface area (Å²) >= 11 is 0. The van der Waals surface area contributed by atoms with Crippen molar-refractivity contribution in [2.24, 2.45) is 5.92 Å². The highest BCUT2D eigenvalue weighted by Gasteiger charge is 2.19. The third kappa shape index (κ3) is 7.82. The van der Waals surface area contributed by atoms with Gasteiger partial charge in [-0.1, -0.05) is 13.8 Å². The van der Waals surface area contributed by atoms with E-state index in [1.807, 2.05) is 6.92 Å². The Kier molecular flexibility index (Phi) is 8.82. The maximum absolute atomic E-state index is 11.3. The van der Waals surface area contributed by atoms with Crippen LogP contribution in [-0.2, 0) is 9.53 Å². The number of carbonyl (C=O) groups is 1. The normalized spacial score (nSPS) is 24.4. The highest BCUT2D eigenvalue weighted by molar-refractivity contribution is 5.77. The lowest BCUT2D eigenvalue weighted by molar-refractivity contribution is -0.120. The van der Waals surface area contributed by atoms with E-state index in [9.17, 15) is 9.90 Å². The number of ether oxygens (including phenoxy) is 1. The fourth-order valence-corrected chi connectivity index (χ4v) is 2.38. The zero-order valence-corrected chi connectivity index (χ0v) is 12.9. The molecule has 5 heteroatoms. The number of nitrogens with one attached hydrogen (secondary N) is 2. The molecule has 1 fully saturated rings. The first-order valence-corrected chi connectivity index (χ1v) is 7.88. The molecule has 0 bridgehead atoms. The first kappa shape index (κ1) is 17.4. The van der Waals surface area contributed by atoms with Crippen LogP contribution < -0.4 is 10.6 Å². The molecule has 5 nitrogen and oxygen atoms in total. The van der Waals surface area contributed by atoms with E-state index in [1.54, 1.807) is 0 Å². The van der Waals surface area contributed by atoms with Gasteiger partial charge in [0.05, 0.1) is 25.4 Å². The van der Waals surface area contributed by atoms with E-state index in [1.165, 1.54) is 12.8 Å². The molecule has 0 aromatic rings. The Balaban J connectivity index is 2.00. The SMILES string of the molecule is CCCNC(=O)CNCC(O)COC1CCC(C)CC1. The van der Waals surface area contributed by atoms with Gasteiger partial charge in [-0.05, 0) is 38.0 Å². The van der Waals surface area contributed by atoms with Crippen LogP contribution in [0.5, 0.6) is 0 Å². The first-order chi connectivity index (χ1) is 9.61. The summed E-state index contributed by atoms with van der Waals surface area (Å²) < 4.78 is 5.72. The quantitative estimate of drug-likeness (QED) is 0.593. The Morgan fingerprint density at radius 2 is 2.05 bits per heavy atom. The highest BCUT2D eigenvalue weighted by atomic mass is 16.5. The van der Waals surface area contributed by atoms with Crippen molar-refractivity contribution >= 4 is 5.91 Å². The summed E-state index contributed by atoms with van der Waals surface area (Å²) in [5.74, 6) is 0.782.